The number of para-hydroxylation sites is 1. The summed E-state index contributed by atoms with van der Waals surface area (Å²) >= 11 is 0. The van der Waals surface area contributed by atoms with E-state index in [2.05, 4.69) is 47.7 Å². The smallest absolute Gasteiger partial charge is 0.191 e. The molecule has 2 saturated heterocycles. The molecule has 2 fully saturated rings. The fraction of sp³-hybridized carbons (Fsp3) is 0.611. The Morgan fingerprint density at radius 3 is 2.70 bits per heavy atom. The number of hydrogen-bond acceptors (Lipinski definition) is 3. The highest BCUT2D eigenvalue weighted by atomic mass is 16.5. The molecule has 0 aliphatic carbocycles. The van der Waals surface area contributed by atoms with Crippen molar-refractivity contribution in [1.82, 2.24) is 10.6 Å². The maximum absolute atomic E-state index is 5.91. The lowest BCUT2D eigenvalue weighted by atomic mass is 9.96. The molecule has 23 heavy (non-hydrogen) atoms. The molecule has 0 amide bonds. The summed E-state index contributed by atoms with van der Waals surface area (Å²) in [5, 5.41) is 6.80. The zero-order valence-electron chi connectivity index (χ0n) is 14.3. The van der Waals surface area contributed by atoms with Crippen LogP contribution in [-0.4, -0.2) is 44.4 Å². The minimum Gasteiger partial charge on any atom is -0.491 e. The van der Waals surface area contributed by atoms with Gasteiger partial charge in [-0.05, 0) is 44.2 Å². The highest BCUT2D eigenvalue weighted by Gasteiger charge is 2.41. The van der Waals surface area contributed by atoms with Gasteiger partial charge in [0.25, 0.3) is 0 Å². The van der Waals surface area contributed by atoms with Crippen LogP contribution in [0.2, 0.25) is 0 Å². The Labute approximate surface area is 138 Å². The molecule has 3 atom stereocenters. The van der Waals surface area contributed by atoms with E-state index in [9.17, 15) is 0 Å². The van der Waals surface area contributed by atoms with Crippen LogP contribution in [0.1, 0.15) is 30.4 Å². The van der Waals surface area contributed by atoms with E-state index in [1.165, 1.54) is 17.5 Å². The number of fused-ring (bicyclic) bond motifs is 2. The molecule has 126 valence electrons. The van der Waals surface area contributed by atoms with Crippen LogP contribution in [-0.2, 0) is 4.74 Å². The van der Waals surface area contributed by atoms with Crippen LogP contribution in [0, 0.1) is 13.8 Å². The minimum absolute atomic E-state index is 0.351. The standard InChI is InChI=1S/C18H27N3O2/c1-12-5-4-6-13(2)17(12)22-10-9-20-18(19-3)21-15-11-14-7-8-16(15)23-14/h4-6,14-16H,7-11H2,1-3H3,(H2,19,20,21). The lowest BCUT2D eigenvalue weighted by Gasteiger charge is -2.22. The fourth-order valence-corrected chi connectivity index (χ4v) is 3.51. The third-order valence-electron chi connectivity index (χ3n) is 4.70. The summed E-state index contributed by atoms with van der Waals surface area (Å²) in [6, 6.07) is 6.59. The molecule has 1 aromatic rings. The van der Waals surface area contributed by atoms with E-state index in [-0.39, 0.29) is 0 Å². The van der Waals surface area contributed by atoms with Crippen molar-refractivity contribution >= 4 is 5.96 Å². The van der Waals surface area contributed by atoms with Gasteiger partial charge in [-0.15, -0.1) is 0 Å². The molecule has 0 aromatic heterocycles. The normalized spacial score (nSPS) is 26.4. The molecular weight excluding hydrogens is 290 g/mol. The Kier molecular flexibility index (Phi) is 5.06. The molecule has 0 saturated carbocycles. The van der Waals surface area contributed by atoms with E-state index >= 15 is 0 Å². The van der Waals surface area contributed by atoms with Gasteiger partial charge in [0.15, 0.2) is 5.96 Å². The Hall–Kier alpha value is -1.75. The molecule has 1 aromatic carbocycles. The Bertz CT molecular complexity index is 553. The van der Waals surface area contributed by atoms with Gasteiger partial charge in [0.2, 0.25) is 0 Å². The molecule has 3 rings (SSSR count). The van der Waals surface area contributed by atoms with Crippen LogP contribution in [0.4, 0.5) is 0 Å². The van der Waals surface area contributed by atoms with Crippen molar-refractivity contribution in [3.63, 3.8) is 0 Å². The van der Waals surface area contributed by atoms with Gasteiger partial charge in [0.05, 0.1) is 24.8 Å². The zero-order chi connectivity index (χ0) is 16.2. The van der Waals surface area contributed by atoms with E-state index in [1.807, 2.05) is 0 Å². The molecule has 2 aliphatic heterocycles. The second-order valence-corrected chi connectivity index (χ2v) is 6.43. The summed E-state index contributed by atoms with van der Waals surface area (Å²) in [6.45, 7) is 5.48. The molecule has 0 radical (unpaired) electrons. The molecular formula is C18H27N3O2. The molecule has 5 nitrogen and oxygen atoms in total. The maximum Gasteiger partial charge on any atom is 0.191 e. The number of aryl methyl sites for hydroxylation is 2. The number of aliphatic imine (C=N–C) groups is 1. The molecule has 2 aliphatic rings. The number of hydrogen-bond donors (Lipinski definition) is 2. The monoisotopic (exact) mass is 317 g/mol. The van der Waals surface area contributed by atoms with Gasteiger partial charge in [-0.25, -0.2) is 0 Å². The van der Waals surface area contributed by atoms with Crippen molar-refractivity contribution in [1.29, 1.82) is 0 Å². The van der Waals surface area contributed by atoms with Crippen LogP contribution < -0.4 is 15.4 Å². The summed E-state index contributed by atoms with van der Waals surface area (Å²) in [7, 11) is 1.80. The minimum atomic E-state index is 0.351. The van der Waals surface area contributed by atoms with Crippen LogP contribution in [0.25, 0.3) is 0 Å². The van der Waals surface area contributed by atoms with E-state index in [0.717, 1.165) is 31.1 Å². The zero-order valence-corrected chi connectivity index (χ0v) is 14.3. The van der Waals surface area contributed by atoms with Crippen LogP contribution in [0.5, 0.6) is 5.75 Å². The first-order valence-electron chi connectivity index (χ1n) is 8.49. The van der Waals surface area contributed by atoms with Gasteiger partial charge in [0, 0.05) is 7.05 Å². The number of benzene rings is 1. The van der Waals surface area contributed by atoms with Crippen molar-refractivity contribution in [2.75, 3.05) is 20.2 Å². The van der Waals surface area contributed by atoms with Crippen molar-refractivity contribution < 1.29 is 9.47 Å². The van der Waals surface area contributed by atoms with E-state index in [1.54, 1.807) is 7.05 Å². The molecule has 5 heteroatoms. The van der Waals surface area contributed by atoms with Crippen LogP contribution >= 0.6 is 0 Å². The topological polar surface area (TPSA) is 54.9 Å². The van der Waals surface area contributed by atoms with Crippen molar-refractivity contribution in [3.8, 4) is 5.75 Å². The molecule has 2 heterocycles. The number of nitrogens with zero attached hydrogens (tertiary/aromatic N) is 1. The highest BCUT2D eigenvalue weighted by molar-refractivity contribution is 5.80. The van der Waals surface area contributed by atoms with Gasteiger partial charge in [-0.2, -0.15) is 0 Å². The van der Waals surface area contributed by atoms with Gasteiger partial charge in [0.1, 0.15) is 12.4 Å². The lowest BCUT2D eigenvalue weighted by molar-refractivity contribution is 0.0992. The van der Waals surface area contributed by atoms with Gasteiger partial charge in [-0.3, -0.25) is 4.99 Å². The quantitative estimate of drug-likeness (QED) is 0.496. The third-order valence-corrected chi connectivity index (χ3v) is 4.70. The van der Waals surface area contributed by atoms with Crippen LogP contribution in [0.15, 0.2) is 23.2 Å². The third kappa shape index (κ3) is 3.78. The summed E-state index contributed by atoms with van der Waals surface area (Å²) in [5.74, 6) is 1.81. The molecule has 2 bridgehead atoms. The average Bonchev–Trinajstić information content (AvgIpc) is 3.15. The Morgan fingerprint density at radius 2 is 2.09 bits per heavy atom. The predicted molar refractivity (Wildman–Crippen MR) is 92.2 cm³/mol. The number of nitrogens with one attached hydrogen (secondary N) is 2. The Morgan fingerprint density at radius 1 is 1.30 bits per heavy atom. The van der Waals surface area contributed by atoms with Crippen molar-refractivity contribution in [2.45, 2.75) is 51.4 Å². The number of ether oxygens (including phenoxy) is 2. The summed E-state index contributed by atoms with van der Waals surface area (Å²) in [4.78, 5) is 4.30. The van der Waals surface area contributed by atoms with Crippen molar-refractivity contribution in [2.24, 2.45) is 4.99 Å². The summed E-state index contributed by atoms with van der Waals surface area (Å²) < 4.78 is 11.8. The van der Waals surface area contributed by atoms with E-state index in [0.29, 0.717) is 24.9 Å². The first-order chi connectivity index (χ1) is 11.2. The van der Waals surface area contributed by atoms with Crippen molar-refractivity contribution in [3.05, 3.63) is 29.3 Å². The number of guanidine groups is 1. The second-order valence-electron chi connectivity index (χ2n) is 6.43. The maximum atomic E-state index is 5.91. The second kappa shape index (κ2) is 7.21. The number of rotatable bonds is 5. The molecule has 0 spiro atoms. The van der Waals surface area contributed by atoms with Gasteiger partial charge < -0.3 is 20.1 Å². The highest BCUT2D eigenvalue weighted by Crippen LogP contribution is 2.34. The predicted octanol–water partition coefficient (Wildman–Crippen LogP) is 2.17. The Balaban J connectivity index is 1.42. The van der Waals surface area contributed by atoms with Crippen LogP contribution in [0.3, 0.4) is 0 Å². The van der Waals surface area contributed by atoms with E-state index < -0.39 is 0 Å². The fourth-order valence-electron chi connectivity index (χ4n) is 3.51. The molecule has 2 N–H and O–H groups in total. The van der Waals surface area contributed by atoms with Gasteiger partial charge in [-0.1, -0.05) is 18.2 Å². The average molecular weight is 317 g/mol. The van der Waals surface area contributed by atoms with Gasteiger partial charge >= 0.3 is 0 Å². The molecule has 3 unspecified atom stereocenters. The first-order valence-corrected chi connectivity index (χ1v) is 8.49. The first kappa shape index (κ1) is 16.1. The summed E-state index contributed by atoms with van der Waals surface area (Å²) in [5.41, 5.74) is 2.35. The summed E-state index contributed by atoms with van der Waals surface area (Å²) in [6.07, 6.45) is 4.25. The van der Waals surface area contributed by atoms with E-state index in [4.69, 9.17) is 9.47 Å². The lowest BCUT2D eigenvalue weighted by Crippen LogP contribution is -2.48. The SMILES string of the molecule is CN=C(NCCOc1c(C)cccc1C)NC1CC2CCC1O2. The largest absolute Gasteiger partial charge is 0.491 e.